The van der Waals surface area contributed by atoms with E-state index in [1.54, 1.807) is 12.1 Å². The second-order valence-corrected chi connectivity index (χ2v) is 7.80. The van der Waals surface area contributed by atoms with Crippen LogP contribution >= 0.6 is 15.9 Å². The molecule has 1 aliphatic rings. The van der Waals surface area contributed by atoms with Gasteiger partial charge in [-0.05, 0) is 51.3 Å². The van der Waals surface area contributed by atoms with Gasteiger partial charge in [-0.15, -0.1) is 0 Å². The highest BCUT2D eigenvalue weighted by atomic mass is 79.9. The molecule has 1 aliphatic heterocycles. The number of Topliss-reactive ketones (excluding diaryl/α,β-unsaturated/α-hetero) is 1. The molecule has 0 spiro atoms. The number of nitrogens with zero attached hydrogens (tertiary/aromatic N) is 1. The molecule has 0 saturated carbocycles. The van der Waals surface area contributed by atoms with Crippen molar-refractivity contribution < 1.29 is 29.0 Å². The number of amides is 1. The molecule has 8 heteroatoms. The number of phenols is 1. The van der Waals surface area contributed by atoms with Crippen LogP contribution in [-0.4, -0.2) is 33.9 Å². The fourth-order valence-electron chi connectivity index (χ4n) is 3.62. The predicted octanol–water partition coefficient (Wildman–Crippen LogP) is 4.53. The van der Waals surface area contributed by atoms with Crippen LogP contribution in [0.25, 0.3) is 0 Å². The number of ether oxygens (including phenoxy) is 1. The number of benzene rings is 2. The van der Waals surface area contributed by atoms with Crippen LogP contribution in [-0.2, 0) is 11.3 Å². The van der Waals surface area contributed by atoms with Crippen molar-refractivity contribution in [2.24, 2.45) is 0 Å². The molecule has 0 fully saturated rings. The minimum Gasteiger partial charge on any atom is -0.503 e. The molecule has 1 aromatic heterocycles. The van der Waals surface area contributed by atoms with Gasteiger partial charge in [-0.3, -0.25) is 9.59 Å². The van der Waals surface area contributed by atoms with Crippen molar-refractivity contribution in [1.29, 1.82) is 0 Å². The topological polar surface area (TPSA) is 100 Å². The van der Waals surface area contributed by atoms with Gasteiger partial charge in [0.25, 0.3) is 5.91 Å². The zero-order valence-corrected chi connectivity index (χ0v) is 18.0. The summed E-state index contributed by atoms with van der Waals surface area (Å²) in [6.45, 7) is 0.157. The molecule has 31 heavy (non-hydrogen) atoms. The van der Waals surface area contributed by atoms with E-state index in [0.29, 0.717) is 10.0 Å². The largest absolute Gasteiger partial charge is 0.503 e. The van der Waals surface area contributed by atoms with Gasteiger partial charge < -0.3 is 24.3 Å². The highest BCUT2D eigenvalue weighted by Gasteiger charge is 2.44. The number of hydrogen-bond donors (Lipinski definition) is 2. The molecule has 2 aromatic carbocycles. The van der Waals surface area contributed by atoms with E-state index in [2.05, 4.69) is 15.9 Å². The quantitative estimate of drug-likeness (QED) is 0.499. The van der Waals surface area contributed by atoms with E-state index < -0.39 is 23.5 Å². The zero-order valence-electron chi connectivity index (χ0n) is 16.4. The van der Waals surface area contributed by atoms with Crippen molar-refractivity contribution in [3.63, 3.8) is 0 Å². The van der Waals surface area contributed by atoms with Crippen LogP contribution in [0.15, 0.2) is 81.1 Å². The first kappa shape index (κ1) is 20.7. The van der Waals surface area contributed by atoms with Crippen LogP contribution in [0.5, 0.6) is 11.5 Å². The number of halogens is 1. The number of rotatable bonds is 6. The maximum atomic E-state index is 13.2. The monoisotopic (exact) mass is 483 g/mol. The molecule has 1 unspecified atom stereocenters. The fourth-order valence-corrected chi connectivity index (χ4v) is 4.08. The van der Waals surface area contributed by atoms with Gasteiger partial charge in [-0.1, -0.05) is 30.3 Å². The summed E-state index contributed by atoms with van der Waals surface area (Å²) < 4.78 is 10.8. The summed E-state index contributed by atoms with van der Waals surface area (Å²) in [6.07, 6.45) is 1.35. The van der Waals surface area contributed by atoms with Crippen molar-refractivity contribution in [2.45, 2.75) is 12.6 Å². The third-order valence-corrected chi connectivity index (χ3v) is 5.68. The first-order valence-electron chi connectivity index (χ1n) is 9.35. The molecule has 1 amide bonds. The van der Waals surface area contributed by atoms with Crippen LogP contribution < -0.4 is 4.74 Å². The highest BCUT2D eigenvalue weighted by molar-refractivity contribution is 9.10. The molecule has 0 bridgehead atoms. The Balaban J connectivity index is 1.86. The summed E-state index contributed by atoms with van der Waals surface area (Å²) in [5, 5.41) is 20.9. The number of ketones is 1. The van der Waals surface area contributed by atoms with Crippen LogP contribution in [0.1, 0.15) is 27.7 Å². The third-order valence-electron chi connectivity index (χ3n) is 5.08. The summed E-state index contributed by atoms with van der Waals surface area (Å²) in [6, 6.07) is 14.5. The molecular formula is C23H18BrNO6. The van der Waals surface area contributed by atoms with E-state index in [0.717, 1.165) is 5.56 Å². The number of aliphatic hydroxyl groups is 1. The van der Waals surface area contributed by atoms with E-state index in [4.69, 9.17) is 9.15 Å². The number of phenolic OH excluding ortho intramolecular Hbond substituents is 1. The van der Waals surface area contributed by atoms with Gasteiger partial charge in [0.2, 0.25) is 5.78 Å². The average molecular weight is 484 g/mol. The lowest BCUT2D eigenvalue weighted by Gasteiger charge is -2.27. The van der Waals surface area contributed by atoms with Gasteiger partial charge in [0.15, 0.2) is 23.0 Å². The Morgan fingerprint density at radius 1 is 1.16 bits per heavy atom. The van der Waals surface area contributed by atoms with E-state index in [9.17, 15) is 19.8 Å². The van der Waals surface area contributed by atoms with Crippen molar-refractivity contribution in [3.05, 3.63) is 93.6 Å². The van der Waals surface area contributed by atoms with Crippen molar-refractivity contribution in [2.75, 3.05) is 7.11 Å². The lowest BCUT2D eigenvalue weighted by Crippen LogP contribution is -2.30. The molecule has 0 saturated heterocycles. The number of aliphatic hydroxyl groups excluding tert-OH is 1. The Morgan fingerprint density at radius 3 is 2.55 bits per heavy atom. The summed E-state index contributed by atoms with van der Waals surface area (Å²) in [5.41, 5.74) is 1.20. The van der Waals surface area contributed by atoms with Crippen molar-refractivity contribution in [3.8, 4) is 11.5 Å². The number of furan rings is 1. The summed E-state index contributed by atoms with van der Waals surface area (Å²) >= 11 is 3.28. The Morgan fingerprint density at radius 2 is 1.90 bits per heavy atom. The lowest BCUT2D eigenvalue weighted by atomic mass is 9.94. The van der Waals surface area contributed by atoms with Gasteiger partial charge >= 0.3 is 0 Å². The molecule has 1 atom stereocenters. The van der Waals surface area contributed by atoms with E-state index >= 15 is 0 Å². The lowest BCUT2D eigenvalue weighted by molar-refractivity contribution is -0.130. The van der Waals surface area contributed by atoms with Crippen LogP contribution in [0.2, 0.25) is 0 Å². The molecular weight excluding hydrogens is 466 g/mol. The van der Waals surface area contributed by atoms with Crippen LogP contribution in [0.4, 0.5) is 0 Å². The molecule has 0 radical (unpaired) electrons. The van der Waals surface area contributed by atoms with Crippen LogP contribution in [0.3, 0.4) is 0 Å². The Bertz CT molecular complexity index is 1170. The maximum absolute atomic E-state index is 13.2. The highest BCUT2D eigenvalue weighted by Crippen LogP contribution is 2.44. The SMILES string of the molecule is COc1cc(C2C(C(=O)c3ccco3)=C(O)C(=O)N2Cc2ccccc2)cc(Br)c1O. The summed E-state index contributed by atoms with van der Waals surface area (Å²) in [7, 11) is 1.40. The van der Waals surface area contributed by atoms with Crippen molar-refractivity contribution >= 4 is 27.6 Å². The molecule has 3 aromatic rings. The minimum atomic E-state index is -0.920. The number of carbonyl (C=O) groups is 2. The molecule has 2 heterocycles. The summed E-state index contributed by atoms with van der Waals surface area (Å²) in [4.78, 5) is 27.6. The number of aromatic hydroxyl groups is 1. The first-order chi connectivity index (χ1) is 14.9. The van der Waals surface area contributed by atoms with E-state index in [-0.39, 0.29) is 29.4 Å². The molecule has 158 valence electrons. The third kappa shape index (κ3) is 3.70. The molecule has 0 aliphatic carbocycles. The van der Waals surface area contributed by atoms with Gasteiger partial charge in [0, 0.05) is 6.54 Å². The Kier molecular flexibility index (Phi) is 5.56. The molecule has 7 nitrogen and oxygen atoms in total. The normalized spacial score (nSPS) is 16.1. The molecule has 4 rings (SSSR count). The maximum Gasteiger partial charge on any atom is 0.290 e. The number of carbonyl (C=O) groups excluding carboxylic acids is 2. The van der Waals surface area contributed by atoms with Gasteiger partial charge in [-0.2, -0.15) is 0 Å². The van der Waals surface area contributed by atoms with Gasteiger partial charge in [-0.25, -0.2) is 0 Å². The Hall–Kier alpha value is -3.52. The van der Waals surface area contributed by atoms with E-state index in [1.807, 2.05) is 30.3 Å². The Labute approximate surface area is 186 Å². The zero-order chi connectivity index (χ0) is 22.1. The minimum absolute atomic E-state index is 0.00530. The van der Waals surface area contributed by atoms with Crippen molar-refractivity contribution in [1.82, 2.24) is 4.90 Å². The average Bonchev–Trinajstić information content (AvgIpc) is 3.39. The standard InChI is InChI=1S/C23H18BrNO6/c1-30-17-11-14(10-15(24)20(17)26)19-18(21(27)16-8-5-9-31-16)22(28)23(29)25(19)12-13-6-3-2-4-7-13/h2-11,19,26,28H,12H2,1H3. The van der Waals surface area contributed by atoms with Gasteiger partial charge in [0.05, 0.1) is 29.5 Å². The van der Waals surface area contributed by atoms with Crippen LogP contribution in [0, 0.1) is 0 Å². The first-order valence-corrected chi connectivity index (χ1v) is 10.1. The summed E-state index contributed by atoms with van der Waals surface area (Å²) in [5.74, 6) is -1.85. The van der Waals surface area contributed by atoms with Gasteiger partial charge in [0.1, 0.15) is 0 Å². The smallest absolute Gasteiger partial charge is 0.290 e. The molecule has 2 N–H and O–H groups in total. The second kappa shape index (κ2) is 8.31. The number of methoxy groups -OCH3 is 1. The number of hydrogen-bond acceptors (Lipinski definition) is 6. The predicted molar refractivity (Wildman–Crippen MR) is 115 cm³/mol. The second-order valence-electron chi connectivity index (χ2n) is 6.94. The van der Waals surface area contributed by atoms with E-state index in [1.165, 1.54) is 30.4 Å². The fraction of sp³-hybridized carbons (Fsp3) is 0.130.